The number of hydrogen-bond acceptors (Lipinski definition) is 5. The van der Waals surface area contributed by atoms with E-state index >= 15 is 0 Å². The fourth-order valence-electron chi connectivity index (χ4n) is 3.78. The minimum Gasteiger partial charge on any atom is -0.376 e. The van der Waals surface area contributed by atoms with Crippen molar-refractivity contribution in [3.05, 3.63) is 63.9 Å². The van der Waals surface area contributed by atoms with Crippen LogP contribution in [0, 0.1) is 13.8 Å². The van der Waals surface area contributed by atoms with E-state index in [1.807, 2.05) is 44.2 Å². The molecule has 30 heavy (non-hydrogen) atoms. The van der Waals surface area contributed by atoms with E-state index in [4.69, 9.17) is 4.74 Å². The molecule has 2 heterocycles. The second-order valence-corrected chi connectivity index (χ2v) is 8.62. The number of nitrogens with zero attached hydrogens (tertiary/aromatic N) is 2. The van der Waals surface area contributed by atoms with Crippen molar-refractivity contribution in [3.8, 4) is 0 Å². The molecule has 0 bridgehead atoms. The Morgan fingerprint density at radius 2 is 2.00 bits per heavy atom. The van der Waals surface area contributed by atoms with Crippen molar-refractivity contribution in [2.45, 2.75) is 44.5 Å². The first-order valence-corrected chi connectivity index (χ1v) is 11.1. The third-order valence-electron chi connectivity index (χ3n) is 5.07. The van der Waals surface area contributed by atoms with Crippen LogP contribution in [0.5, 0.6) is 0 Å². The summed E-state index contributed by atoms with van der Waals surface area (Å²) in [5.74, 6) is 0.0413. The number of aryl methyl sites for hydroxylation is 2. The van der Waals surface area contributed by atoms with Crippen LogP contribution in [-0.2, 0) is 16.1 Å². The summed E-state index contributed by atoms with van der Waals surface area (Å²) in [5, 5.41) is 4.07. The van der Waals surface area contributed by atoms with Crippen molar-refractivity contribution in [2.75, 3.05) is 17.7 Å². The maximum Gasteiger partial charge on any atom is 0.262 e. The lowest BCUT2D eigenvalue weighted by Crippen LogP contribution is -2.29. The lowest BCUT2D eigenvalue weighted by molar-refractivity contribution is -0.113. The Morgan fingerprint density at radius 3 is 2.73 bits per heavy atom. The summed E-state index contributed by atoms with van der Waals surface area (Å²) in [7, 11) is 0. The van der Waals surface area contributed by atoms with Crippen molar-refractivity contribution in [1.29, 1.82) is 0 Å². The van der Waals surface area contributed by atoms with Crippen molar-refractivity contribution < 1.29 is 9.53 Å². The van der Waals surface area contributed by atoms with Gasteiger partial charge in [-0.05, 0) is 62.1 Å². The summed E-state index contributed by atoms with van der Waals surface area (Å²) in [6, 6.07) is 13.3. The molecule has 0 unspecified atom stereocenters. The smallest absolute Gasteiger partial charge is 0.262 e. The van der Waals surface area contributed by atoms with E-state index in [1.165, 1.54) is 11.8 Å². The molecule has 0 aliphatic carbocycles. The molecule has 2 aromatic carbocycles. The van der Waals surface area contributed by atoms with Gasteiger partial charge in [0, 0.05) is 12.3 Å². The molecule has 1 fully saturated rings. The minimum absolute atomic E-state index is 0.00843. The van der Waals surface area contributed by atoms with Gasteiger partial charge in [-0.1, -0.05) is 30.0 Å². The van der Waals surface area contributed by atoms with Crippen LogP contribution in [0.4, 0.5) is 5.69 Å². The largest absolute Gasteiger partial charge is 0.376 e. The molecular formula is C23H25N3O3S. The highest BCUT2D eigenvalue weighted by Crippen LogP contribution is 2.22. The number of carbonyl (C=O) groups excluding carboxylic acids is 1. The SMILES string of the molecule is Cc1cc(C)cc(NC(=O)CSc2nc3ccccc3c(=O)n2C[C@H]2CCCO2)c1. The summed E-state index contributed by atoms with van der Waals surface area (Å²) in [4.78, 5) is 30.3. The van der Waals surface area contributed by atoms with Crippen LogP contribution in [0.25, 0.3) is 10.9 Å². The normalized spacial score (nSPS) is 16.1. The van der Waals surface area contributed by atoms with E-state index in [-0.39, 0.29) is 23.3 Å². The van der Waals surface area contributed by atoms with E-state index in [9.17, 15) is 9.59 Å². The van der Waals surface area contributed by atoms with Gasteiger partial charge in [-0.15, -0.1) is 0 Å². The number of para-hydroxylation sites is 1. The predicted molar refractivity (Wildman–Crippen MR) is 120 cm³/mol. The third kappa shape index (κ3) is 4.74. The molecule has 1 aliphatic rings. The molecule has 156 valence electrons. The van der Waals surface area contributed by atoms with Crippen LogP contribution in [-0.4, -0.2) is 33.9 Å². The highest BCUT2D eigenvalue weighted by atomic mass is 32.2. The van der Waals surface area contributed by atoms with Crippen LogP contribution in [0.3, 0.4) is 0 Å². The van der Waals surface area contributed by atoms with Gasteiger partial charge in [0.1, 0.15) is 0 Å². The molecule has 1 amide bonds. The van der Waals surface area contributed by atoms with Crippen LogP contribution < -0.4 is 10.9 Å². The average molecular weight is 424 g/mol. The van der Waals surface area contributed by atoms with Crippen LogP contribution in [0.15, 0.2) is 52.4 Å². The van der Waals surface area contributed by atoms with Gasteiger partial charge in [-0.3, -0.25) is 14.2 Å². The number of hydrogen-bond donors (Lipinski definition) is 1. The molecule has 4 rings (SSSR count). The van der Waals surface area contributed by atoms with Gasteiger partial charge in [-0.2, -0.15) is 0 Å². The molecule has 1 atom stereocenters. The second-order valence-electron chi connectivity index (χ2n) is 7.68. The van der Waals surface area contributed by atoms with Crippen molar-refractivity contribution in [3.63, 3.8) is 0 Å². The van der Waals surface area contributed by atoms with Gasteiger partial charge in [-0.25, -0.2) is 4.98 Å². The van der Waals surface area contributed by atoms with E-state index < -0.39 is 0 Å². The number of thioether (sulfide) groups is 1. The number of ether oxygens (including phenoxy) is 1. The fraction of sp³-hybridized carbons (Fsp3) is 0.348. The summed E-state index contributed by atoms with van der Waals surface area (Å²) in [6.07, 6.45) is 1.94. The molecule has 0 saturated carbocycles. The third-order valence-corrected chi connectivity index (χ3v) is 6.05. The summed E-state index contributed by atoms with van der Waals surface area (Å²) >= 11 is 1.28. The maximum absolute atomic E-state index is 13.1. The van der Waals surface area contributed by atoms with E-state index in [0.29, 0.717) is 22.6 Å². The zero-order valence-corrected chi connectivity index (χ0v) is 18.0. The molecule has 0 radical (unpaired) electrons. The Labute approximate surface area is 179 Å². The Hall–Kier alpha value is -2.64. The van der Waals surface area contributed by atoms with Gasteiger partial charge in [0.25, 0.3) is 5.56 Å². The number of fused-ring (bicyclic) bond motifs is 1. The van der Waals surface area contributed by atoms with Gasteiger partial charge >= 0.3 is 0 Å². The number of rotatable bonds is 6. The lowest BCUT2D eigenvalue weighted by atomic mass is 10.1. The molecule has 6 nitrogen and oxygen atoms in total. The Balaban J connectivity index is 1.56. The number of carbonyl (C=O) groups is 1. The standard InChI is InChI=1S/C23H25N3O3S/c1-15-10-16(2)12-17(11-15)24-21(27)14-30-23-25-20-8-4-3-7-19(20)22(28)26(23)13-18-6-5-9-29-18/h3-4,7-8,10-12,18H,5-6,9,13-14H2,1-2H3,(H,24,27)/t18-/m1/s1. The van der Waals surface area contributed by atoms with E-state index in [1.54, 1.807) is 10.6 Å². The first kappa shape index (κ1) is 20.6. The number of anilines is 1. The quantitative estimate of drug-likeness (QED) is 0.480. The molecule has 1 saturated heterocycles. The van der Waals surface area contributed by atoms with E-state index in [0.717, 1.165) is 36.3 Å². The summed E-state index contributed by atoms with van der Waals surface area (Å²) in [6.45, 7) is 5.18. The monoisotopic (exact) mass is 423 g/mol. The van der Waals surface area contributed by atoms with Crippen LogP contribution >= 0.6 is 11.8 Å². The zero-order chi connectivity index (χ0) is 21.1. The number of aromatic nitrogens is 2. The predicted octanol–water partition coefficient (Wildman–Crippen LogP) is 3.92. The number of amides is 1. The van der Waals surface area contributed by atoms with Crippen molar-refractivity contribution in [2.24, 2.45) is 0 Å². The van der Waals surface area contributed by atoms with E-state index in [2.05, 4.69) is 16.4 Å². The number of nitrogens with one attached hydrogen (secondary N) is 1. The van der Waals surface area contributed by atoms with Crippen LogP contribution in [0.1, 0.15) is 24.0 Å². The van der Waals surface area contributed by atoms with Crippen molar-refractivity contribution >= 4 is 34.3 Å². The minimum atomic E-state index is -0.129. The Morgan fingerprint density at radius 1 is 1.23 bits per heavy atom. The highest BCUT2D eigenvalue weighted by Gasteiger charge is 2.20. The van der Waals surface area contributed by atoms with Gasteiger partial charge in [0.2, 0.25) is 5.91 Å². The molecule has 1 aromatic heterocycles. The molecule has 7 heteroatoms. The fourth-order valence-corrected chi connectivity index (χ4v) is 4.59. The first-order chi connectivity index (χ1) is 14.5. The lowest BCUT2D eigenvalue weighted by Gasteiger charge is -2.16. The van der Waals surface area contributed by atoms with Crippen LogP contribution in [0.2, 0.25) is 0 Å². The summed E-state index contributed by atoms with van der Waals surface area (Å²) in [5.41, 5.74) is 3.53. The van der Waals surface area contributed by atoms with Gasteiger partial charge in [0.05, 0.1) is 29.3 Å². The first-order valence-electron chi connectivity index (χ1n) is 10.1. The Kier molecular flexibility index (Phi) is 6.20. The molecule has 0 spiro atoms. The van der Waals surface area contributed by atoms with Gasteiger partial charge < -0.3 is 10.1 Å². The van der Waals surface area contributed by atoms with Crippen molar-refractivity contribution in [1.82, 2.24) is 9.55 Å². The molecular weight excluding hydrogens is 398 g/mol. The zero-order valence-electron chi connectivity index (χ0n) is 17.2. The number of benzene rings is 2. The maximum atomic E-state index is 13.1. The topological polar surface area (TPSA) is 73.2 Å². The Bertz CT molecular complexity index is 1120. The average Bonchev–Trinajstić information content (AvgIpc) is 3.21. The van der Waals surface area contributed by atoms with Gasteiger partial charge in [0.15, 0.2) is 5.16 Å². The highest BCUT2D eigenvalue weighted by molar-refractivity contribution is 7.99. The molecule has 1 aliphatic heterocycles. The molecule has 3 aromatic rings. The molecule has 1 N–H and O–H groups in total. The summed E-state index contributed by atoms with van der Waals surface area (Å²) < 4.78 is 7.39. The second kappa shape index (κ2) is 9.02.